The van der Waals surface area contributed by atoms with Crippen LogP contribution in [0.5, 0.6) is 0 Å². The topological polar surface area (TPSA) is 106 Å². The van der Waals surface area contributed by atoms with Gasteiger partial charge in [-0.05, 0) is 18.1 Å². The van der Waals surface area contributed by atoms with E-state index in [4.69, 9.17) is 10.4 Å². The summed E-state index contributed by atoms with van der Waals surface area (Å²) < 4.78 is 4.92. The van der Waals surface area contributed by atoms with Crippen LogP contribution in [0, 0.1) is 0 Å². The van der Waals surface area contributed by atoms with Crippen LogP contribution in [0.25, 0.3) is 0 Å². The molecule has 0 bridgehead atoms. The Morgan fingerprint density at radius 3 is 2.85 bits per heavy atom. The van der Waals surface area contributed by atoms with E-state index >= 15 is 0 Å². The van der Waals surface area contributed by atoms with E-state index in [9.17, 15) is 4.79 Å². The van der Waals surface area contributed by atoms with E-state index in [2.05, 4.69) is 20.9 Å². The molecule has 2 rings (SSSR count). The van der Waals surface area contributed by atoms with Crippen LogP contribution in [0.1, 0.15) is 41.6 Å². The fraction of sp³-hybridized carbons (Fsp3) is 0.308. The zero-order chi connectivity index (χ0) is 14.5. The van der Waals surface area contributed by atoms with Crippen LogP contribution >= 0.6 is 0 Å². The van der Waals surface area contributed by atoms with Crippen LogP contribution < -0.4 is 16.6 Å². The highest BCUT2D eigenvalue weighted by atomic mass is 16.5. The number of hydrogen-bond donors (Lipinski definition) is 3. The number of nitrogens with one attached hydrogen (secondary N) is 2. The van der Waals surface area contributed by atoms with Gasteiger partial charge in [0.2, 0.25) is 0 Å². The number of carbonyl (C=O) groups excluding carboxylic acids is 1. The van der Waals surface area contributed by atoms with Crippen molar-refractivity contribution in [2.75, 3.05) is 5.43 Å². The number of anilines is 1. The van der Waals surface area contributed by atoms with Gasteiger partial charge >= 0.3 is 0 Å². The maximum Gasteiger partial charge on any atom is 0.251 e. The molecule has 4 N–H and O–H groups in total. The average molecular weight is 275 g/mol. The van der Waals surface area contributed by atoms with E-state index in [0.717, 1.165) is 5.69 Å². The molecule has 2 heterocycles. The fourth-order valence-electron chi connectivity index (χ4n) is 1.66. The molecule has 0 saturated heterocycles. The minimum absolute atomic E-state index is 0.198. The number of nitrogen functional groups attached to an aromatic ring is 1. The molecule has 7 heteroatoms. The first kappa shape index (κ1) is 14.0. The number of nitrogens with zero attached hydrogens (tertiary/aromatic N) is 2. The molecule has 106 valence electrons. The quantitative estimate of drug-likeness (QED) is 0.562. The standard InChI is InChI=1S/C13H17N5O2/c1-8(2)11-5-9(6-12(17-11)18-14)13(19)15-7-10-3-4-16-20-10/h3-6,8H,7,14H2,1-2H3,(H,15,19)(H,17,18). The van der Waals surface area contributed by atoms with Crippen LogP contribution in [0.15, 0.2) is 28.9 Å². The maximum absolute atomic E-state index is 12.1. The Balaban J connectivity index is 2.14. The van der Waals surface area contributed by atoms with Gasteiger partial charge in [0.1, 0.15) is 5.82 Å². The number of pyridine rings is 1. The summed E-state index contributed by atoms with van der Waals surface area (Å²) >= 11 is 0. The molecule has 0 aromatic carbocycles. The van der Waals surface area contributed by atoms with Crippen molar-refractivity contribution in [3.05, 3.63) is 41.4 Å². The summed E-state index contributed by atoms with van der Waals surface area (Å²) in [7, 11) is 0. The summed E-state index contributed by atoms with van der Waals surface area (Å²) in [6.07, 6.45) is 1.53. The second-order valence-corrected chi connectivity index (χ2v) is 4.63. The van der Waals surface area contributed by atoms with Crippen molar-refractivity contribution < 1.29 is 9.32 Å². The molecule has 2 aromatic rings. The monoisotopic (exact) mass is 275 g/mol. The van der Waals surface area contributed by atoms with E-state index in [1.807, 2.05) is 13.8 Å². The largest absolute Gasteiger partial charge is 0.360 e. The third-order valence-electron chi connectivity index (χ3n) is 2.76. The number of hydrazine groups is 1. The van der Waals surface area contributed by atoms with Crippen molar-refractivity contribution in [2.24, 2.45) is 5.84 Å². The van der Waals surface area contributed by atoms with Gasteiger partial charge in [0.05, 0.1) is 12.7 Å². The van der Waals surface area contributed by atoms with Crippen molar-refractivity contribution >= 4 is 11.7 Å². The smallest absolute Gasteiger partial charge is 0.251 e. The van der Waals surface area contributed by atoms with Crippen LogP contribution in [-0.2, 0) is 6.54 Å². The first-order valence-electron chi connectivity index (χ1n) is 6.26. The lowest BCUT2D eigenvalue weighted by Crippen LogP contribution is -2.23. The first-order valence-corrected chi connectivity index (χ1v) is 6.26. The van der Waals surface area contributed by atoms with Crippen molar-refractivity contribution in [2.45, 2.75) is 26.3 Å². The molecule has 0 saturated carbocycles. The molecule has 0 fully saturated rings. The van der Waals surface area contributed by atoms with Gasteiger partial charge in [-0.3, -0.25) is 4.79 Å². The number of rotatable bonds is 5. The third kappa shape index (κ3) is 3.33. The van der Waals surface area contributed by atoms with E-state index in [1.165, 1.54) is 6.20 Å². The van der Waals surface area contributed by atoms with Gasteiger partial charge in [0.15, 0.2) is 5.76 Å². The molecule has 0 unspecified atom stereocenters. The summed E-state index contributed by atoms with van der Waals surface area (Å²) in [5.74, 6) is 6.40. The van der Waals surface area contributed by atoms with Gasteiger partial charge in [-0.2, -0.15) is 0 Å². The lowest BCUT2D eigenvalue weighted by molar-refractivity contribution is 0.0947. The van der Waals surface area contributed by atoms with E-state index in [-0.39, 0.29) is 18.4 Å². The molecule has 0 aliphatic rings. The van der Waals surface area contributed by atoms with Gasteiger partial charge < -0.3 is 15.3 Å². The Hall–Kier alpha value is -2.41. The molecule has 1 amide bonds. The van der Waals surface area contributed by atoms with E-state index in [1.54, 1.807) is 18.2 Å². The summed E-state index contributed by atoms with van der Waals surface area (Å²) in [6, 6.07) is 5.04. The summed E-state index contributed by atoms with van der Waals surface area (Å²) in [5.41, 5.74) is 3.76. The van der Waals surface area contributed by atoms with Crippen LogP contribution in [0.2, 0.25) is 0 Å². The number of hydrogen-bond acceptors (Lipinski definition) is 6. The highest BCUT2D eigenvalue weighted by Gasteiger charge is 2.12. The van der Waals surface area contributed by atoms with Crippen molar-refractivity contribution in [1.29, 1.82) is 0 Å². The fourth-order valence-corrected chi connectivity index (χ4v) is 1.66. The molecule has 0 radical (unpaired) electrons. The number of amides is 1. The highest BCUT2D eigenvalue weighted by molar-refractivity contribution is 5.94. The Labute approximate surface area is 116 Å². The molecule has 7 nitrogen and oxygen atoms in total. The zero-order valence-corrected chi connectivity index (χ0v) is 11.4. The highest BCUT2D eigenvalue weighted by Crippen LogP contribution is 2.17. The molecule has 0 aliphatic heterocycles. The van der Waals surface area contributed by atoms with Crippen LogP contribution in [-0.4, -0.2) is 16.0 Å². The Bertz CT molecular complexity index is 580. The summed E-state index contributed by atoms with van der Waals surface area (Å²) in [6.45, 7) is 4.28. The van der Waals surface area contributed by atoms with Crippen LogP contribution in [0.3, 0.4) is 0 Å². The minimum atomic E-state index is -0.220. The second kappa shape index (κ2) is 6.16. The van der Waals surface area contributed by atoms with Gasteiger partial charge in [-0.1, -0.05) is 19.0 Å². The second-order valence-electron chi connectivity index (χ2n) is 4.63. The number of carbonyl (C=O) groups is 1. The molecule has 0 spiro atoms. The molecular formula is C13H17N5O2. The molecule has 20 heavy (non-hydrogen) atoms. The Morgan fingerprint density at radius 1 is 1.45 bits per heavy atom. The average Bonchev–Trinajstić information content (AvgIpc) is 2.97. The Morgan fingerprint density at radius 2 is 2.25 bits per heavy atom. The van der Waals surface area contributed by atoms with Gasteiger partial charge in [0.25, 0.3) is 5.91 Å². The van der Waals surface area contributed by atoms with Crippen molar-refractivity contribution in [1.82, 2.24) is 15.5 Å². The van der Waals surface area contributed by atoms with E-state index < -0.39 is 0 Å². The SMILES string of the molecule is CC(C)c1cc(C(=O)NCc2ccno2)cc(NN)n1. The lowest BCUT2D eigenvalue weighted by Gasteiger charge is -2.10. The Kier molecular flexibility index (Phi) is 4.31. The van der Waals surface area contributed by atoms with Gasteiger partial charge in [0, 0.05) is 17.3 Å². The lowest BCUT2D eigenvalue weighted by atomic mass is 10.1. The van der Waals surface area contributed by atoms with E-state index in [0.29, 0.717) is 17.1 Å². The summed E-state index contributed by atoms with van der Waals surface area (Å²) in [5, 5.41) is 6.32. The van der Waals surface area contributed by atoms with Gasteiger partial charge in [-0.25, -0.2) is 10.8 Å². The third-order valence-corrected chi connectivity index (χ3v) is 2.76. The molecule has 0 aliphatic carbocycles. The van der Waals surface area contributed by atoms with Gasteiger partial charge in [-0.15, -0.1) is 0 Å². The molecule has 0 atom stereocenters. The molecular weight excluding hydrogens is 258 g/mol. The van der Waals surface area contributed by atoms with Crippen LogP contribution in [0.4, 0.5) is 5.82 Å². The van der Waals surface area contributed by atoms with Crippen molar-refractivity contribution in [3.63, 3.8) is 0 Å². The maximum atomic E-state index is 12.1. The normalized spacial score (nSPS) is 10.6. The first-order chi connectivity index (χ1) is 9.60. The minimum Gasteiger partial charge on any atom is -0.360 e. The zero-order valence-electron chi connectivity index (χ0n) is 11.4. The molecule has 2 aromatic heterocycles. The summed E-state index contributed by atoms with van der Waals surface area (Å²) in [4.78, 5) is 16.4. The predicted octanol–water partition coefficient (Wildman–Crippen LogP) is 1.41. The number of aromatic nitrogens is 2. The predicted molar refractivity (Wildman–Crippen MR) is 73.8 cm³/mol. The number of nitrogens with two attached hydrogens (primary N) is 1. The van der Waals surface area contributed by atoms with Crippen molar-refractivity contribution in [3.8, 4) is 0 Å².